The molecule has 196 valence electrons. The highest BCUT2D eigenvalue weighted by Gasteiger charge is 2.50. The number of carbonyl (C=O) groups is 2. The van der Waals surface area contributed by atoms with Gasteiger partial charge < -0.3 is 33.2 Å². The Balaban J connectivity index is 1.54. The van der Waals surface area contributed by atoms with Crippen LogP contribution in [-0.4, -0.2) is 51.7 Å². The molecule has 1 aliphatic carbocycles. The molecular weight excluding hydrogens is 494 g/mol. The molecule has 3 heterocycles. The minimum Gasteiger partial charge on any atom is -0.493 e. The van der Waals surface area contributed by atoms with E-state index in [1.807, 2.05) is 18.2 Å². The number of hydrogen-bond donors (Lipinski definition) is 0. The Labute approximate surface area is 218 Å². The molecule has 6 rings (SSSR count). The predicted octanol–water partition coefficient (Wildman–Crippen LogP) is 3.53. The third kappa shape index (κ3) is 3.75. The quantitative estimate of drug-likeness (QED) is 0.354. The maximum atomic E-state index is 13.1. The fourth-order valence-corrected chi connectivity index (χ4v) is 5.59. The smallest absolute Gasteiger partial charge is 0.362 e. The summed E-state index contributed by atoms with van der Waals surface area (Å²) in [4.78, 5) is 30.2. The molecule has 3 aromatic rings. The van der Waals surface area contributed by atoms with E-state index in [0.717, 1.165) is 16.7 Å². The van der Waals surface area contributed by atoms with Crippen LogP contribution in [0.5, 0.6) is 34.5 Å². The average Bonchev–Trinajstić information content (AvgIpc) is 3.58. The lowest BCUT2D eigenvalue weighted by Gasteiger charge is -2.34. The number of rotatable bonds is 6. The Morgan fingerprint density at radius 2 is 1.76 bits per heavy atom. The summed E-state index contributed by atoms with van der Waals surface area (Å²) in [6, 6.07) is 10.5. The Morgan fingerprint density at radius 1 is 0.974 bits per heavy atom. The second-order valence-electron chi connectivity index (χ2n) is 9.17. The number of carbonyl (C=O) groups excluding carboxylic acids is 2. The maximum absolute atomic E-state index is 13.1. The Hall–Kier alpha value is -4.47. The summed E-state index contributed by atoms with van der Waals surface area (Å²) in [7, 11) is 4.61. The first-order chi connectivity index (χ1) is 18.5. The van der Waals surface area contributed by atoms with Gasteiger partial charge in [-0.2, -0.15) is 0 Å². The zero-order valence-corrected chi connectivity index (χ0v) is 21.0. The van der Waals surface area contributed by atoms with Crippen LogP contribution in [-0.2, 0) is 16.0 Å². The molecule has 10 heteroatoms. The van der Waals surface area contributed by atoms with Gasteiger partial charge in [-0.05, 0) is 47.9 Å². The maximum Gasteiger partial charge on any atom is 0.362 e. The molecule has 0 radical (unpaired) electrons. The topological polar surface area (TPSA) is 112 Å². The lowest BCUT2D eigenvalue weighted by atomic mass is 9.67. The highest BCUT2D eigenvalue weighted by atomic mass is 16.7. The summed E-state index contributed by atoms with van der Waals surface area (Å²) in [5.41, 5.74) is 2.44. The van der Waals surface area contributed by atoms with E-state index in [0.29, 0.717) is 35.2 Å². The first kappa shape index (κ1) is 23.9. The van der Waals surface area contributed by atoms with E-state index in [-0.39, 0.29) is 36.7 Å². The van der Waals surface area contributed by atoms with E-state index >= 15 is 0 Å². The van der Waals surface area contributed by atoms with Crippen LogP contribution in [0.15, 0.2) is 42.6 Å². The molecule has 0 spiro atoms. The van der Waals surface area contributed by atoms with Gasteiger partial charge in [0, 0.05) is 23.6 Å². The summed E-state index contributed by atoms with van der Waals surface area (Å²) >= 11 is 0. The summed E-state index contributed by atoms with van der Waals surface area (Å²) in [6.07, 6.45) is 1.97. The molecule has 1 fully saturated rings. The van der Waals surface area contributed by atoms with Gasteiger partial charge in [0.1, 0.15) is 5.69 Å². The van der Waals surface area contributed by atoms with Crippen molar-refractivity contribution in [3.05, 3.63) is 65.0 Å². The molecule has 0 amide bonds. The van der Waals surface area contributed by atoms with Crippen LogP contribution in [0.2, 0.25) is 0 Å². The van der Waals surface area contributed by atoms with E-state index < -0.39 is 17.8 Å². The SMILES string of the molecule is COc1cc([C@H]2c3cc4c(c(OC(=O)c5ccccn5)c3C[C@H]3COC(=O)[C@@H]32)OCO4)cc(OC)c1OC. The number of fused-ring (bicyclic) bond motifs is 3. The van der Waals surface area contributed by atoms with Crippen LogP contribution in [0, 0.1) is 11.8 Å². The molecule has 1 aromatic heterocycles. The summed E-state index contributed by atoms with van der Waals surface area (Å²) < 4.78 is 39.6. The first-order valence-electron chi connectivity index (χ1n) is 12.1. The minimum atomic E-state index is -0.623. The molecule has 3 atom stereocenters. The van der Waals surface area contributed by atoms with Crippen molar-refractivity contribution in [2.24, 2.45) is 11.8 Å². The van der Waals surface area contributed by atoms with E-state index in [2.05, 4.69) is 4.98 Å². The van der Waals surface area contributed by atoms with Gasteiger partial charge in [-0.1, -0.05) is 6.07 Å². The van der Waals surface area contributed by atoms with Gasteiger partial charge >= 0.3 is 11.9 Å². The molecule has 0 unspecified atom stereocenters. The second kappa shape index (κ2) is 9.44. The first-order valence-corrected chi connectivity index (χ1v) is 12.1. The van der Waals surface area contributed by atoms with Gasteiger partial charge in [-0.15, -0.1) is 0 Å². The van der Waals surface area contributed by atoms with Crippen molar-refractivity contribution in [1.29, 1.82) is 0 Å². The molecule has 2 aliphatic heterocycles. The number of cyclic esters (lactones) is 1. The molecule has 0 N–H and O–H groups in total. The van der Waals surface area contributed by atoms with Gasteiger partial charge in [0.15, 0.2) is 23.0 Å². The van der Waals surface area contributed by atoms with Crippen molar-refractivity contribution >= 4 is 11.9 Å². The number of methoxy groups -OCH3 is 3. The van der Waals surface area contributed by atoms with Gasteiger partial charge in [0.05, 0.1) is 33.9 Å². The molecule has 38 heavy (non-hydrogen) atoms. The lowest BCUT2D eigenvalue weighted by molar-refractivity contribution is -0.141. The van der Waals surface area contributed by atoms with E-state index in [9.17, 15) is 9.59 Å². The van der Waals surface area contributed by atoms with Gasteiger partial charge in [0.25, 0.3) is 0 Å². The van der Waals surface area contributed by atoms with Crippen LogP contribution in [0.1, 0.15) is 33.1 Å². The van der Waals surface area contributed by atoms with E-state index in [1.54, 1.807) is 18.2 Å². The molecule has 0 saturated carbocycles. The minimum absolute atomic E-state index is 0.0177. The number of hydrogen-bond acceptors (Lipinski definition) is 10. The lowest BCUT2D eigenvalue weighted by Crippen LogP contribution is -2.32. The second-order valence-corrected chi connectivity index (χ2v) is 9.17. The van der Waals surface area contributed by atoms with E-state index in [1.165, 1.54) is 27.5 Å². The predicted molar refractivity (Wildman–Crippen MR) is 131 cm³/mol. The normalized spacial score (nSPS) is 20.7. The van der Waals surface area contributed by atoms with Crippen molar-refractivity contribution in [3.8, 4) is 34.5 Å². The van der Waals surface area contributed by atoms with Gasteiger partial charge in [-0.25, -0.2) is 9.78 Å². The van der Waals surface area contributed by atoms with Crippen molar-refractivity contribution < 1.29 is 42.7 Å². The monoisotopic (exact) mass is 519 g/mol. The van der Waals surface area contributed by atoms with Crippen LogP contribution < -0.4 is 28.4 Å². The number of benzene rings is 2. The molecular formula is C28H25NO9. The van der Waals surface area contributed by atoms with Crippen molar-refractivity contribution in [3.63, 3.8) is 0 Å². The van der Waals surface area contributed by atoms with E-state index in [4.69, 9.17) is 33.2 Å². The standard InChI is InChI=1S/C28H25NO9/c1-32-19-9-14(10-20(33-2)25(19)34-3)22-16-11-21-26(37-13-36-21)24(38-27(30)18-6-4-5-7-29-18)17(16)8-15-12-35-28(31)23(15)22/h4-7,9-11,15,22-23H,8,12-13H2,1-3H3/t15-,22-,23-/m0/s1. The fourth-order valence-electron chi connectivity index (χ4n) is 5.59. The molecule has 2 aromatic carbocycles. The fraction of sp³-hybridized carbons (Fsp3) is 0.321. The Morgan fingerprint density at radius 3 is 2.45 bits per heavy atom. The summed E-state index contributed by atoms with van der Waals surface area (Å²) in [5.74, 6) is 0.406. The molecule has 3 aliphatic rings. The highest BCUT2D eigenvalue weighted by Crippen LogP contribution is 2.56. The molecule has 0 bridgehead atoms. The molecule has 10 nitrogen and oxygen atoms in total. The molecule has 1 saturated heterocycles. The van der Waals surface area contributed by atoms with Crippen LogP contribution in [0.4, 0.5) is 0 Å². The Bertz CT molecular complexity index is 1400. The summed E-state index contributed by atoms with van der Waals surface area (Å²) in [6.45, 7) is 0.238. The number of aromatic nitrogens is 1. The van der Waals surface area contributed by atoms with Crippen molar-refractivity contribution in [2.75, 3.05) is 34.7 Å². The van der Waals surface area contributed by atoms with Crippen LogP contribution >= 0.6 is 0 Å². The van der Waals surface area contributed by atoms with Gasteiger partial charge in [0.2, 0.25) is 18.3 Å². The van der Waals surface area contributed by atoms with Crippen LogP contribution in [0.25, 0.3) is 0 Å². The summed E-state index contributed by atoms with van der Waals surface area (Å²) in [5, 5.41) is 0. The average molecular weight is 520 g/mol. The number of pyridine rings is 1. The zero-order valence-electron chi connectivity index (χ0n) is 21.0. The number of ether oxygens (including phenoxy) is 7. The third-order valence-electron chi connectivity index (χ3n) is 7.25. The largest absolute Gasteiger partial charge is 0.493 e. The van der Waals surface area contributed by atoms with Crippen molar-refractivity contribution in [1.82, 2.24) is 4.98 Å². The number of esters is 2. The zero-order chi connectivity index (χ0) is 26.4. The third-order valence-corrected chi connectivity index (χ3v) is 7.25. The van der Waals surface area contributed by atoms with Crippen molar-refractivity contribution in [2.45, 2.75) is 12.3 Å². The van der Waals surface area contributed by atoms with Gasteiger partial charge in [-0.3, -0.25) is 4.79 Å². The Kier molecular flexibility index (Phi) is 5.94. The highest BCUT2D eigenvalue weighted by molar-refractivity contribution is 5.90. The number of nitrogens with zero attached hydrogens (tertiary/aromatic N) is 1. The van der Waals surface area contributed by atoms with Crippen LogP contribution in [0.3, 0.4) is 0 Å².